The van der Waals surface area contributed by atoms with Crippen molar-refractivity contribution in [2.24, 2.45) is 5.92 Å². The molecular formula is C9H10N2O2. The summed E-state index contributed by atoms with van der Waals surface area (Å²) in [6.07, 6.45) is 3.42. The number of rotatable bonds is 2. The first-order valence-electron chi connectivity index (χ1n) is 4.26. The van der Waals surface area contributed by atoms with Crippen LogP contribution in [-0.4, -0.2) is 10.9 Å². The van der Waals surface area contributed by atoms with Gasteiger partial charge in [-0.05, 0) is 25.0 Å². The SMILES string of the molecule is O=C(Nc1ccc[nH]c1=O)C1CC1. The molecule has 13 heavy (non-hydrogen) atoms. The maximum absolute atomic E-state index is 11.3. The molecule has 1 aromatic heterocycles. The number of carbonyl (C=O) groups is 1. The molecule has 0 saturated heterocycles. The van der Waals surface area contributed by atoms with E-state index in [1.165, 1.54) is 6.20 Å². The first-order chi connectivity index (χ1) is 6.27. The van der Waals surface area contributed by atoms with E-state index in [0.29, 0.717) is 5.69 Å². The van der Waals surface area contributed by atoms with Crippen LogP contribution in [0, 0.1) is 5.92 Å². The van der Waals surface area contributed by atoms with Crippen molar-refractivity contribution in [1.29, 1.82) is 0 Å². The lowest BCUT2D eigenvalue weighted by atomic mass is 10.3. The largest absolute Gasteiger partial charge is 0.327 e. The summed E-state index contributed by atoms with van der Waals surface area (Å²) >= 11 is 0. The number of H-pyrrole nitrogens is 1. The highest BCUT2D eigenvalue weighted by atomic mass is 16.2. The third-order valence-corrected chi connectivity index (χ3v) is 2.02. The topological polar surface area (TPSA) is 62.0 Å². The van der Waals surface area contributed by atoms with Gasteiger partial charge in [-0.1, -0.05) is 0 Å². The van der Waals surface area contributed by atoms with Gasteiger partial charge < -0.3 is 10.3 Å². The van der Waals surface area contributed by atoms with E-state index in [-0.39, 0.29) is 17.4 Å². The van der Waals surface area contributed by atoms with Gasteiger partial charge in [0.2, 0.25) is 5.91 Å². The van der Waals surface area contributed by atoms with Crippen LogP contribution in [0.15, 0.2) is 23.1 Å². The fourth-order valence-corrected chi connectivity index (χ4v) is 1.10. The zero-order chi connectivity index (χ0) is 9.26. The van der Waals surface area contributed by atoms with Crippen LogP contribution in [0.1, 0.15) is 12.8 Å². The van der Waals surface area contributed by atoms with Crippen LogP contribution >= 0.6 is 0 Å². The number of amides is 1. The van der Waals surface area contributed by atoms with Crippen LogP contribution in [0.4, 0.5) is 5.69 Å². The smallest absolute Gasteiger partial charge is 0.271 e. The van der Waals surface area contributed by atoms with Crippen LogP contribution in [0.3, 0.4) is 0 Å². The van der Waals surface area contributed by atoms with Crippen LogP contribution in [0.2, 0.25) is 0 Å². The highest BCUT2D eigenvalue weighted by Gasteiger charge is 2.29. The first kappa shape index (κ1) is 8.04. The normalized spacial score (nSPS) is 15.4. The Morgan fingerprint density at radius 3 is 2.92 bits per heavy atom. The van der Waals surface area contributed by atoms with E-state index in [1.54, 1.807) is 12.1 Å². The van der Waals surface area contributed by atoms with E-state index in [1.807, 2.05) is 0 Å². The van der Waals surface area contributed by atoms with Crippen LogP contribution in [-0.2, 0) is 4.79 Å². The maximum atomic E-state index is 11.3. The Morgan fingerprint density at radius 2 is 2.31 bits per heavy atom. The predicted octanol–water partition coefficient (Wildman–Crippen LogP) is 0.723. The molecule has 1 heterocycles. The molecule has 0 bridgehead atoms. The number of hydrogen-bond donors (Lipinski definition) is 2. The lowest BCUT2D eigenvalue weighted by molar-refractivity contribution is -0.117. The number of hydrogen-bond acceptors (Lipinski definition) is 2. The second kappa shape index (κ2) is 3.05. The Bertz CT molecular complexity index is 379. The standard InChI is InChI=1S/C9H10N2O2/c12-8(6-3-4-6)11-7-2-1-5-10-9(7)13/h1-2,5-6H,3-4H2,(H,10,13)(H,11,12). The minimum absolute atomic E-state index is 0.0447. The van der Waals surface area contributed by atoms with Gasteiger partial charge in [0.05, 0.1) is 0 Å². The molecule has 0 unspecified atom stereocenters. The lowest BCUT2D eigenvalue weighted by Crippen LogP contribution is -2.20. The van der Waals surface area contributed by atoms with Crippen molar-refractivity contribution >= 4 is 11.6 Å². The lowest BCUT2D eigenvalue weighted by Gasteiger charge is -2.00. The Labute approximate surface area is 75.0 Å². The first-order valence-corrected chi connectivity index (χ1v) is 4.26. The summed E-state index contributed by atoms with van der Waals surface area (Å²) in [5, 5.41) is 2.59. The summed E-state index contributed by atoms with van der Waals surface area (Å²) in [4.78, 5) is 24.9. The summed E-state index contributed by atoms with van der Waals surface area (Å²) in [7, 11) is 0. The van der Waals surface area contributed by atoms with Crippen LogP contribution in [0.25, 0.3) is 0 Å². The van der Waals surface area contributed by atoms with Gasteiger partial charge >= 0.3 is 0 Å². The Hall–Kier alpha value is -1.58. The molecule has 1 aromatic rings. The third kappa shape index (κ3) is 1.77. The molecule has 1 amide bonds. The molecule has 1 saturated carbocycles. The fraction of sp³-hybridized carbons (Fsp3) is 0.333. The Balaban J connectivity index is 2.13. The molecule has 0 spiro atoms. The van der Waals surface area contributed by atoms with Gasteiger partial charge in [-0.15, -0.1) is 0 Å². The summed E-state index contributed by atoms with van der Waals surface area (Å²) in [6.45, 7) is 0. The monoisotopic (exact) mass is 178 g/mol. The highest BCUT2D eigenvalue weighted by molar-refractivity contribution is 5.93. The van der Waals surface area contributed by atoms with Crippen molar-refractivity contribution in [2.75, 3.05) is 5.32 Å². The van der Waals surface area contributed by atoms with E-state index in [4.69, 9.17) is 0 Å². The molecule has 2 rings (SSSR count). The van der Waals surface area contributed by atoms with Gasteiger partial charge in [-0.3, -0.25) is 9.59 Å². The molecular weight excluding hydrogens is 168 g/mol. The summed E-state index contributed by atoms with van der Waals surface area (Å²) < 4.78 is 0. The summed E-state index contributed by atoms with van der Waals surface area (Å²) in [5.41, 5.74) is 0.0795. The van der Waals surface area contributed by atoms with Crippen molar-refractivity contribution in [3.05, 3.63) is 28.7 Å². The van der Waals surface area contributed by atoms with Crippen molar-refractivity contribution in [1.82, 2.24) is 4.98 Å². The second-order valence-electron chi connectivity index (χ2n) is 3.18. The molecule has 0 aliphatic heterocycles. The van der Waals surface area contributed by atoms with Crippen LogP contribution < -0.4 is 10.9 Å². The predicted molar refractivity (Wildman–Crippen MR) is 48.4 cm³/mol. The average Bonchev–Trinajstić information content (AvgIpc) is 2.91. The number of aromatic amines is 1. The van der Waals surface area contributed by atoms with Crippen molar-refractivity contribution in [2.45, 2.75) is 12.8 Å². The number of nitrogens with one attached hydrogen (secondary N) is 2. The van der Waals surface area contributed by atoms with Gasteiger partial charge in [0.15, 0.2) is 0 Å². The molecule has 1 aliphatic carbocycles. The fourth-order valence-electron chi connectivity index (χ4n) is 1.10. The summed E-state index contributed by atoms with van der Waals surface area (Å²) in [5.74, 6) is 0.0799. The molecule has 4 nitrogen and oxygen atoms in total. The van der Waals surface area contributed by atoms with E-state index >= 15 is 0 Å². The maximum Gasteiger partial charge on any atom is 0.271 e. The van der Waals surface area contributed by atoms with Crippen LogP contribution in [0.5, 0.6) is 0 Å². The average molecular weight is 178 g/mol. The number of carbonyl (C=O) groups excluding carboxylic acids is 1. The number of anilines is 1. The quantitative estimate of drug-likeness (QED) is 0.701. The van der Waals surface area contributed by atoms with Gasteiger partial charge in [0.1, 0.15) is 5.69 Å². The highest BCUT2D eigenvalue weighted by Crippen LogP contribution is 2.29. The number of aromatic nitrogens is 1. The molecule has 0 radical (unpaired) electrons. The van der Waals surface area contributed by atoms with Crippen molar-refractivity contribution < 1.29 is 4.79 Å². The van der Waals surface area contributed by atoms with Gasteiger partial charge in [0.25, 0.3) is 5.56 Å². The molecule has 1 fully saturated rings. The number of pyridine rings is 1. The summed E-state index contributed by atoms with van der Waals surface area (Å²) in [6, 6.07) is 3.28. The zero-order valence-corrected chi connectivity index (χ0v) is 7.04. The zero-order valence-electron chi connectivity index (χ0n) is 7.04. The van der Waals surface area contributed by atoms with Crippen molar-refractivity contribution in [3.8, 4) is 0 Å². The minimum atomic E-state index is -0.253. The second-order valence-corrected chi connectivity index (χ2v) is 3.18. The van der Waals surface area contributed by atoms with Gasteiger partial charge in [-0.25, -0.2) is 0 Å². The van der Waals surface area contributed by atoms with E-state index in [9.17, 15) is 9.59 Å². The van der Waals surface area contributed by atoms with E-state index in [2.05, 4.69) is 10.3 Å². The Kier molecular flexibility index (Phi) is 1.88. The van der Waals surface area contributed by atoms with Crippen molar-refractivity contribution in [3.63, 3.8) is 0 Å². The van der Waals surface area contributed by atoms with E-state index in [0.717, 1.165) is 12.8 Å². The van der Waals surface area contributed by atoms with E-state index < -0.39 is 0 Å². The van der Waals surface area contributed by atoms with Gasteiger partial charge in [0, 0.05) is 12.1 Å². The molecule has 1 aliphatic rings. The molecule has 0 aromatic carbocycles. The third-order valence-electron chi connectivity index (χ3n) is 2.02. The molecule has 68 valence electrons. The molecule has 2 N–H and O–H groups in total. The molecule has 0 atom stereocenters. The Morgan fingerprint density at radius 1 is 1.54 bits per heavy atom. The molecule has 4 heteroatoms. The minimum Gasteiger partial charge on any atom is -0.327 e. The van der Waals surface area contributed by atoms with Gasteiger partial charge in [-0.2, -0.15) is 0 Å².